The number of hydrogen-bond acceptors (Lipinski definition) is 8. The van der Waals surface area contributed by atoms with Gasteiger partial charge in [-0.1, -0.05) is 0 Å². The number of aromatic nitrogens is 3. The second-order valence-corrected chi connectivity index (χ2v) is 3.64. The molecule has 0 bridgehead atoms. The highest BCUT2D eigenvalue weighted by atomic mass is 16.6. The van der Waals surface area contributed by atoms with Gasteiger partial charge in [0.25, 0.3) is 0 Å². The van der Waals surface area contributed by atoms with Crippen molar-refractivity contribution in [3.8, 4) is 0 Å². The highest BCUT2D eigenvalue weighted by Gasteiger charge is 2.22. The maximum absolute atomic E-state index is 11.0. The van der Waals surface area contributed by atoms with Gasteiger partial charge >= 0.3 is 5.69 Å². The number of aryl methyl sites for hydroxylation is 1. The van der Waals surface area contributed by atoms with Gasteiger partial charge in [0.15, 0.2) is 0 Å². The maximum atomic E-state index is 11.0. The Morgan fingerprint density at radius 1 is 1.37 bits per heavy atom. The smallest absolute Gasteiger partial charge is 0.353 e. The summed E-state index contributed by atoms with van der Waals surface area (Å²) in [6.45, 7) is 1.97. The third kappa shape index (κ3) is 2.76. The summed E-state index contributed by atoms with van der Waals surface area (Å²) in [7, 11) is 1.55. The van der Waals surface area contributed by atoms with Gasteiger partial charge in [-0.3, -0.25) is 10.1 Å². The first-order chi connectivity index (χ1) is 9.11. The van der Waals surface area contributed by atoms with E-state index in [9.17, 15) is 10.1 Å². The van der Waals surface area contributed by atoms with E-state index in [1.54, 1.807) is 20.2 Å². The van der Waals surface area contributed by atoms with Gasteiger partial charge in [0.2, 0.25) is 17.5 Å². The number of oxazole rings is 1. The number of nitrogens with zero attached hydrogens (tertiary/aromatic N) is 4. The van der Waals surface area contributed by atoms with Crippen molar-refractivity contribution in [2.75, 3.05) is 17.7 Å². The SMILES string of the molecule is CNc1ncnc(NCc2ncc(C)o2)c1[N+](=O)[O-]. The fraction of sp³-hybridized carbons (Fsp3) is 0.300. The standard InChI is InChI=1S/C10H12N6O3/c1-6-3-12-7(19-6)4-13-10-8(16(17)18)9(11-2)14-5-15-10/h3,5H,4H2,1-2H3,(H2,11,13,14,15). The lowest BCUT2D eigenvalue weighted by atomic mass is 10.4. The Morgan fingerprint density at radius 3 is 2.68 bits per heavy atom. The van der Waals surface area contributed by atoms with Crippen molar-refractivity contribution in [3.63, 3.8) is 0 Å². The highest BCUT2D eigenvalue weighted by Crippen LogP contribution is 2.28. The molecular formula is C10H12N6O3. The molecule has 0 atom stereocenters. The van der Waals surface area contributed by atoms with Gasteiger partial charge < -0.3 is 15.1 Å². The normalized spacial score (nSPS) is 10.2. The molecule has 0 aromatic carbocycles. The average Bonchev–Trinajstić information content (AvgIpc) is 2.81. The summed E-state index contributed by atoms with van der Waals surface area (Å²) in [5, 5.41) is 16.5. The van der Waals surface area contributed by atoms with Gasteiger partial charge in [0, 0.05) is 7.05 Å². The second-order valence-electron chi connectivity index (χ2n) is 3.64. The number of anilines is 2. The predicted octanol–water partition coefficient (Wildman–Crippen LogP) is 1.34. The Balaban J connectivity index is 2.22. The van der Waals surface area contributed by atoms with E-state index in [-0.39, 0.29) is 23.9 Å². The molecule has 0 radical (unpaired) electrons. The summed E-state index contributed by atoms with van der Waals surface area (Å²) >= 11 is 0. The van der Waals surface area contributed by atoms with Crippen LogP contribution < -0.4 is 10.6 Å². The summed E-state index contributed by atoms with van der Waals surface area (Å²) in [5.41, 5.74) is -0.215. The van der Waals surface area contributed by atoms with Gasteiger partial charge in [0.1, 0.15) is 12.1 Å². The first-order valence-corrected chi connectivity index (χ1v) is 5.44. The molecule has 2 N–H and O–H groups in total. The quantitative estimate of drug-likeness (QED) is 0.613. The van der Waals surface area contributed by atoms with Crippen molar-refractivity contribution in [1.29, 1.82) is 0 Å². The molecule has 2 aromatic heterocycles. The Hall–Kier alpha value is -2.71. The topological polar surface area (TPSA) is 119 Å². The molecule has 0 spiro atoms. The fourth-order valence-electron chi connectivity index (χ4n) is 1.51. The van der Waals surface area contributed by atoms with Gasteiger partial charge in [0.05, 0.1) is 17.7 Å². The van der Waals surface area contributed by atoms with Crippen LogP contribution in [0.15, 0.2) is 16.9 Å². The van der Waals surface area contributed by atoms with Crippen LogP contribution in [0.4, 0.5) is 17.3 Å². The van der Waals surface area contributed by atoms with Crippen molar-refractivity contribution in [2.24, 2.45) is 0 Å². The molecule has 0 aliphatic rings. The fourth-order valence-corrected chi connectivity index (χ4v) is 1.51. The summed E-state index contributed by atoms with van der Waals surface area (Å²) in [5.74, 6) is 1.35. The molecule has 19 heavy (non-hydrogen) atoms. The molecule has 0 saturated heterocycles. The van der Waals surface area contributed by atoms with Crippen LogP contribution in [0.1, 0.15) is 11.7 Å². The largest absolute Gasteiger partial charge is 0.444 e. The number of hydrogen-bond donors (Lipinski definition) is 2. The molecule has 2 heterocycles. The molecule has 0 amide bonds. The van der Waals surface area contributed by atoms with E-state index in [1.807, 2.05) is 0 Å². The van der Waals surface area contributed by atoms with E-state index in [1.165, 1.54) is 6.33 Å². The van der Waals surface area contributed by atoms with Gasteiger partial charge in [-0.05, 0) is 6.92 Å². The zero-order valence-corrected chi connectivity index (χ0v) is 10.4. The van der Waals surface area contributed by atoms with E-state index in [4.69, 9.17) is 4.42 Å². The molecule has 9 nitrogen and oxygen atoms in total. The molecule has 2 rings (SSSR count). The molecule has 0 fully saturated rings. The van der Waals surface area contributed by atoms with Crippen LogP contribution in [0.3, 0.4) is 0 Å². The van der Waals surface area contributed by atoms with Crippen LogP contribution in [-0.2, 0) is 6.54 Å². The first kappa shape index (κ1) is 12.7. The Labute approximate surface area is 108 Å². The lowest BCUT2D eigenvalue weighted by Crippen LogP contribution is -2.08. The van der Waals surface area contributed by atoms with Crippen LogP contribution in [0.5, 0.6) is 0 Å². The van der Waals surface area contributed by atoms with Crippen LogP contribution in [0.2, 0.25) is 0 Å². The third-order valence-electron chi connectivity index (χ3n) is 2.32. The highest BCUT2D eigenvalue weighted by molar-refractivity contribution is 5.68. The van der Waals surface area contributed by atoms with E-state index in [2.05, 4.69) is 25.6 Å². The molecule has 9 heteroatoms. The van der Waals surface area contributed by atoms with Crippen molar-refractivity contribution in [3.05, 3.63) is 34.3 Å². The number of nitro groups is 1. The van der Waals surface area contributed by atoms with Gasteiger partial charge in [-0.2, -0.15) is 0 Å². The minimum atomic E-state index is -0.547. The molecule has 2 aromatic rings. The van der Waals surface area contributed by atoms with Crippen LogP contribution in [0, 0.1) is 17.0 Å². The zero-order chi connectivity index (χ0) is 13.8. The summed E-state index contributed by atoms with van der Waals surface area (Å²) < 4.78 is 5.26. The number of nitrogens with one attached hydrogen (secondary N) is 2. The van der Waals surface area contributed by atoms with Gasteiger partial charge in [-0.25, -0.2) is 15.0 Å². The van der Waals surface area contributed by atoms with Crippen molar-refractivity contribution in [1.82, 2.24) is 15.0 Å². The molecule has 0 aliphatic carbocycles. The summed E-state index contributed by atoms with van der Waals surface area (Å²) in [6, 6.07) is 0. The minimum Gasteiger partial charge on any atom is -0.444 e. The Kier molecular flexibility index (Phi) is 3.55. The molecule has 0 unspecified atom stereocenters. The summed E-state index contributed by atoms with van der Waals surface area (Å²) in [4.78, 5) is 22.1. The maximum Gasteiger partial charge on any atom is 0.353 e. The number of rotatable bonds is 5. The first-order valence-electron chi connectivity index (χ1n) is 5.44. The Bertz CT molecular complexity index is 597. The summed E-state index contributed by atoms with van der Waals surface area (Å²) in [6.07, 6.45) is 2.81. The van der Waals surface area contributed by atoms with Crippen LogP contribution >= 0.6 is 0 Å². The average molecular weight is 264 g/mol. The van der Waals surface area contributed by atoms with Crippen molar-refractivity contribution < 1.29 is 9.34 Å². The van der Waals surface area contributed by atoms with Crippen molar-refractivity contribution in [2.45, 2.75) is 13.5 Å². The molecule has 0 saturated carbocycles. The monoisotopic (exact) mass is 264 g/mol. The predicted molar refractivity (Wildman–Crippen MR) is 66.8 cm³/mol. The van der Waals surface area contributed by atoms with Crippen molar-refractivity contribution >= 4 is 17.3 Å². The third-order valence-corrected chi connectivity index (χ3v) is 2.32. The van der Waals surface area contributed by atoms with E-state index < -0.39 is 4.92 Å². The lowest BCUT2D eigenvalue weighted by Gasteiger charge is -2.06. The lowest BCUT2D eigenvalue weighted by molar-refractivity contribution is -0.383. The minimum absolute atomic E-state index is 0.111. The van der Waals surface area contributed by atoms with E-state index >= 15 is 0 Å². The van der Waals surface area contributed by atoms with Crippen LogP contribution in [0.25, 0.3) is 0 Å². The van der Waals surface area contributed by atoms with E-state index in [0.29, 0.717) is 11.7 Å². The van der Waals surface area contributed by atoms with Gasteiger partial charge in [-0.15, -0.1) is 0 Å². The molecular weight excluding hydrogens is 252 g/mol. The Morgan fingerprint density at radius 2 is 2.11 bits per heavy atom. The molecule has 0 aliphatic heterocycles. The molecule has 100 valence electrons. The van der Waals surface area contributed by atoms with Crippen LogP contribution in [-0.4, -0.2) is 26.9 Å². The van der Waals surface area contributed by atoms with E-state index in [0.717, 1.165) is 0 Å². The zero-order valence-electron chi connectivity index (χ0n) is 10.4. The second kappa shape index (κ2) is 5.29.